The summed E-state index contributed by atoms with van der Waals surface area (Å²) in [6.45, 7) is 8.71. The van der Waals surface area contributed by atoms with Crippen LogP contribution in [0.3, 0.4) is 0 Å². The monoisotopic (exact) mass is 527 g/mol. The zero-order valence-corrected chi connectivity index (χ0v) is 22.9. The minimum atomic E-state index is -3.70. The summed E-state index contributed by atoms with van der Waals surface area (Å²) in [5.74, 6) is 2.24. The third-order valence-electron chi connectivity index (χ3n) is 9.56. The normalized spacial score (nSPS) is 35.2. The van der Waals surface area contributed by atoms with Crippen LogP contribution in [0.1, 0.15) is 69.2 Å². The molecule has 1 aliphatic heterocycles. The highest BCUT2D eigenvalue weighted by molar-refractivity contribution is 7.89. The molecular weight excluding hydrogens is 486 g/mol. The van der Waals surface area contributed by atoms with Crippen molar-refractivity contribution in [2.75, 3.05) is 19.6 Å². The van der Waals surface area contributed by atoms with Gasteiger partial charge in [-0.15, -0.1) is 0 Å². The summed E-state index contributed by atoms with van der Waals surface area (Å²) in [6, 6.07) is 6.17. The zero-order chi connectivity index (χ0) is 26.4. The van der Waals surface area contributed by atoms with Crippen LogP contribution >= 0.6 is 0 Å². The minimum absolute atomic E-state index is 0.0403. The second-order valence-electron chi connectivity index (χ2n) is 12.5. The fraction of sp³-hybridized carbons (Fsp3) is 0.655. The molecule has 1 saturated heterocycles. The first-order valence-electron chi connectivity index (χ1n) is 13.9. The molecule has 0 spiro atoms. The van der Waals surface area contributed by atoms with Crippen molar-refractivity contribution in [1.29, 1.82) is 0 Å². The van der Waals surface area contributed by atoms with Gasteiger partial charge < -0.3 is 10.6 Å². The number of amides is 2. The number of carbonyl (C=O) groups excluding carboxylic acids is 2. The Bertz CT molecular complexity index is 1100. The second kappa shape index (κ2) is 10.2. The number of hydrogen-bond donors (Lipinski definition) is 2. The number of nitrogens with zero attached hydrogens (tertiary/aromatic N) is 1. The zero-order valence-electron chi connectivity index (χ0n) is 22.1. The Labute approximate surface area is 221 Å². The van der Waals surface area contributed by atoms with E-state index in [4.69, 9.17) is 0 Å². The number of benzene rings is 1. The molecule has 1 aromatic rings. The van der Waals surface area contributed by atoms with Gasteiger partial charge in [0.25, 0.3) is 5.91 Å². The predicted molar refractivity (Wildman–Crippen MR) is 143 cm³/mol. The summed E-state index contributed by atoms with van der Waals surface area (Å²) in [4.78, 5) is 24.8. The standard InChI is InChI=1S/C29H41N3O4S/c1-4-26(33)31-27-19(2)17-32(18-20(27)3)37(35,36)25-7-5-24(6-8-25)28(34)30-10-9-29-14-21-11-22(15-29)13-23(12-21)16-29/h4-8,19-23,27H,1,9-18H2,2-3H3,(H,30,34)(H,31,33). The lowest BCUT2D eigenvalue weighted by Crippen LogP contribution is -2.55. The largest absolute Gasteiger partial charge is 0.352 e. The maximum absolute atomic E-state index is 13.3. The highest BCUT2D eigenvalue weighted by Crippen LogP contribution is 2.61. The van der Waals surface area contributed by atoms with E-state index in [0.29, 0.717) is 30.6 Å². The van der Waals surface area contributed by atoms with Crippen molar-refractivity contribution in [3.63, 3.8) is 0 Å². The lowest BCUT2D eigenvalue weighted by Gasteiger charge is -2.57. The average molecular weight is 528 g/mol. The van der Waals surface area contributed by atoms with Gasteiger partial charge in [0.15, 0.2) is 0 Å². The molecule has 0 radical (unpaired) electrons. The van der Waals surface area contributed by atoms with Crippen molar-refractivity contribution in [3.05, 3.63) is 42.5 Å². The number of rotatable bonds is 8. The maximum Gasteiger partial charge on any atom is 0.251 e. The Kier molecular flexibility index (Phi) is 7.26. The Morgan fingerprint density at radius 2 is 1.54 bits per heavy atom. The van der Waals surface area contributed by atoms with E-state index in [1.807, 2.05) is 13.8 Å². The fourth-order valence-electron chi connectivity index (χ4n) is 8.28. The van der Waals surface area contributed by atoms with Gasteiger partial charge in [0.2, 0.25) is 15.9 Å². The molecule has 5 aliphatic rings. The van der Waals surface area contributed by atoms with Crippen LogP contribution in [0, 0.1) is 35.0 Å². The number of nitrogens with one attached hydrogen (secondary N) is 2. The first-order valence-corrected chi connectivity index (χ1v) is 15.3. The van der Waals surface area contributed by atoms with E-state index in [9.17, 15) is 18.0 Å². The number of sulfonamides is 1. The molecule has 2 atom stereocenters. The third kappa shape index (κ3) is 5.37. The predicted octanol–water partition coefficient (Wildman–Crippen LogP) is 3.97. The summed E-state index contributed by atoms with van der Waals surface area (Å²) in [5.41, 5.74) is 0.910. The molecule has 4 aliphatic carbocycles. The van der Waals surface area contributed by atoms with Crippen molar-refractivity contribution >= 4 is 21.8 Å². The van der Waals surface area contributed by atoms with E-state index in [2.05, 4.69) is 17.2 Å². The molecule has 4 saturated carbocycles. The molecule has 2 amide bonds. The van der Waals surface area contributed by atoms with Gasteiger partial charge in [0, 0.05) is 31.2 Å². The number of hydrogen-bond acceptors (Lipinski definition) is 4. The van der Waals surface area contributed by atoms with Gasteiger partial charge in [-0.1, -0.05) is 20.4 Å². The average Bonchev–Trinajstić information content (AvgIpc) is 2.85. The smallest absolute Gasteiger partial charge is 0.251 e. The molecule has 7 nitrogen and oxygen atoms in total. The van der Waals surface area contributed by atoms with E-state index in [1.165, 1.54) is 61.0 Å². The van der Waals surface area contributed by atoms with Crippen LogP contribution in [0.15, 0.2) is 41.8 Å². The van der Waals surface area contributed by atoms with E-state index in [0.717, 1.165) is 24.2 Å². The van der Waals surface area contributed by atoms with Crippen molar-refractivity contribution in [3.8, 4) is 0 Å². The van der Waals surface area contributed by atoms with E-state index in [1.54, 1.807) is 12.1 Å². The van der Waals surface area contributed by atoms with Crippen molar-refractivity contribution in [2.24, 2.45) is 35.0 Å². The highest BCUT2D eigenvalue weighted by atomic mass is 32.2. The lowest BCUT2D eigenvalue weighted by molar-refractivity contribution is -0.118. The van der Waals surface area contributed by atoms with Gasteiger partial charge >= 0.3 is 0 Å². The minimum Gasteiger partial charge on any atom is -0.352 e. The summed E-state index contributed by atoms with van der Waals surface area (Å²) >= 11 is 0. The van der Waals surface area contributed by atoms with Crippen LogP contribution in [-0.2, 0) is 14.8 Å². The molecule has 202 valence electrons. The van der Waals surface area contributed by atoms with Crippen LogP contribution in [0.2, 0.25) is 0 Å². The van der Waals surface area contributed by atoms with Gasteiger partial charge in [-0.25, -0.2) is 8.42 Å². The molecule has 2 N–H and O–H groups in total. The first kappa shape index (κ1) is 26.4. The van der Waals surface area contributed by atoms with Crippen LogP contribution in [0.5, 0.6) is 0 Å². The van der Waals surface area contributed by atoms with Crippen LogP contribution in [-0.4, -0.2) is 50.2 Å². The molecule has 8 heteroatoms. The van der Waals surface area contributed by atoms with Crippen molar-refractivity contribution in [1.82, 2.24) is 14.9 Å². The van der Waals surface area contributed by atoms with Crippen LogP contribution < -0.4 is 10.6 Å². The van der Waals surface area contributed by atoms with E-state index < -0.39 is 10.0 Å². The van der Waals surface area contributed by atoms with Crippen LogP contribution in [0.25, 0.3) is 0 Å². The van der Waals surface area contributed by atoms with E-state index >= 15 is 0 Å². The quantitative estimate of drug-likeness (QED) is 0.500. The Morgan fingerprint density at radius 1 is 1.00 bits per heavy atom. The third-order valence-corrected chi connectivity index (χ3v) is 11.4. The Morgan fingerprint density at radius 3 is 2.05 bits per heavy atom. The number of piperidine rings is 1. The molecule has 37 heavy (non-hydrogen) atoms. The SMILES string of the molecule is C=CC(=O)NC1C(C)CN(S(=O)(=O)c2ccc(C(=O)NCCC34CC5CC(CC(C5)C3)C4)cc2)CC1C. The summed E-state index contributed by atoms with van der Waals surface area (Å²) in [6.07, 6.45) is 10.5. The van der Waals surface area contributed by atoms with Gasteiger partial charge in [0.1, 0.15) is 0 Å². The van der Waals surface area contributed by atoms with Crippen molar-refractivity contribution in [2.45, 2.75) is 69.7 Å². The summed E-state index contributed by atoms with van der Waals surface area (Å²) in [7, 11) is -3.70. The Balaban J connectivity index is 1.16. The molecule has 1 heterocycles. The van der Waals surface area contributed by atoms with Gasteiger partial charge in [-0.05, 0) is 110 Å². The second-order valence-corrected chi connectivity index (χ2v) is 14.4. The molecule has 5 fully saturated rings. The topological polar surface area (TPSA) is 95.6 Å². The molecule has 0 aromatic heterocycles. The molecule has 2 unspecified atom stereocenters. The highest BCUT2D eigenvalue weighted by Gasteiger charge is 2.50. The lowest BCUT2D eigenvalue weighted by atomic mass is 9.49. The van der Waals surface area contributed by atoms with Gasteiger partial charge in [-0.3, -0.25) is 9.59 Å². The first-order chi connectivity index (χ1) is 17.6. The van der Waals surface area contributed by atoms with Crippen molar-refractivity contribution < 1.29 is 18.0 Å². The maximum atomic E-state index is 13.3. The molecule has 4 bridgehead atoms. The molecule has 6 rings (SSSR count). The molecular formula is C29H41N3O4S. The van der Waals surface area contributed by atoms with Gasteiger partial charge in [0.05, 0.1) is 4.90 Å². The van der Waals surface area contributed by atoms with Crippen LogP contribution in [0.4, 0.5) is 0 Å². The molecule has 1 aromatic carbocycles. The summed E-state index contributed by atoms with van der Waals surface area (Å²) in [5, 5.41) is 6.02. The van der Waals surface area contributed by atoms with E-state index in [-0.39, 0.29) is 34.6 Å². The van der Waals surface area contributed by atoms with Gasteiger partial charge in [-0.2, -0.15) is 4.31 Å². The summed E-state index contributed by atoms with van der Waals surface area (Å²) < 4.78 is 28.2. The fourth-order valence-corrected chi connectivity index (χ4v) is 9.92. The Hall–Kier alpha value is -2.19. The number of carbonyl (C=O) groups is 2.